The van der Waals surface area contributed by atoms with Crippen LogP contribution in [-0.2, 0) is 16.1 Å². The van der Waals surface area contributed by atoms with Gasteiger partial charge in [-0.1, -0.05) is 23.5 Å². The summed E-state index contributed by atoms with van der Waals surface area (Å²) in [5.41, 5.74) is 0.948. The first kappa shape index (κ1) is 23.6. The first-order valence-electron chi connectivity index (χ1n) is 11.1. The third-order valence-corrected chi connectivity index (χ3v) is 6.75. The van der Waals surface area contributed by atoms with E-state index < -0.39 is 5.91 Å². The Balaban J connectivity index is 1.49. The molecule has 1 saturated heterocycles. The molecule has 34 heavy (non-hydrogen) atoms. The number of ketones is 1. The summed E-state index contributed by atoms with van der Waals surface area (Å²) in [6.45, 7) is 5.02. The number of anilines is 2. The first-order valence-corrected chi connectivity index (χ1v) is 12.0. The van der Waals surface area contributed by atoms with Crippen molar-refractivity contribution in [2.24, 2.45) is 5.92 Å². The number of piperidine rings is 1. The van der Waals surface area contributed by atoms with Gasteiger partial charge in [0.1, 0.15) is 17.6 Å². The smallest absolute Gasteiger partial charge is 0.273 e. The van der Waals surface area contributed by atoms with Crippen molar-refractivity contribution in [1.82, 2.24) is 19.9 Å². The molecule has 2 N–H and O–H groups in total. The predicted molar refractivity (Wildman–Crippen MR) is 130 cm³/mol. The highest BCUT2D eigenvalue weighted by Gasteiger charge is 2.27. The van der Waals surface area contributed by atoms with Gasteiger partial charge < -0.3 is 15.5 Å². The number of hydrogen-bond donors (Lipinski definition) is 2. The Hall–Kier alpha value is -3.60. The molecular formula is C23H26N6O4S. The van der Waals surface area contributed by atoms with E-state index in [0.29, 0.717) is 39.8 Å². The molecule has 1 aliphatic rings. The van der Waals surface area contributed by atoms with Crippen LogP contribution in [0.5, 0.6) is 0 Å². The van der Waals surface area contributed by atoms with Gasteiger partial charge in [-0.25, -0.2) is 4.98 Å². The van der Waals surface area contributed by atoms with Crippen LogP contribution in [0.15, 0.2) is 35.4 Å². The van der Waals surface area contributed by atoms with Crippen molar-refractivity contribution in [3.63, 3.8) is 0 Å². The Morgan fingerprint density at radius 3 is 2.85 bits per heavy atom. The van der Waals surface area contributed by atoms with Gasteiger partial charge in [-0.2, -0.15) is 4.98 Å². The number of Topliss-reactive ketones (excluding diaryl/α,β-unsaturated/α-hetero) is 1. The number of rotatable bonds is 7. The van der Waals surface area contributed by atoms with Crippen molar-refractivity contribution < 1.29 is 14.4 Å². The third kappa shape index (κ3) is 5.14. The van der Waals surface area contributed by atoms with Gasteiger partial charge in [0.25, 0.3) is 5.56 Å². The molecule has 0 bridgehead atoms. The number of hydrogen-bond acceptors (Lipinski definition) is 8. The van der Waals surface area contributed by atoms with Gasteiger partial charge in [0.05, 0.1) is 5.92 Å². The van der Waals surface area contributed by atoms with Crippen LogP contribution < -0.4 is 21.1 Å². The Kier molecular flexibility index (Phi) is 7.01. The summed E-state index contributed by atoms with van der Waals surface area (Å²) in [6, 6.07) is 6.62. The van der Waals surface area contributed by atoms with Crippen LogP contribution in [-0.4, -0.2) is 51.8 Å². The number of amides is 2. The highest BCUT2D eigenvalue weighted by atomic mass is 32.1. The lowest BCUT2D eigenvalue weighted by molar-refractivity contribution is -0.125. The minimum atomic E-state index is -0.408. The highest BCUT2D eigenvalue weighted by Crippen LogP contribution is 2.29. The Labute approximate surface area is 200 Å². The molecule has 2 aromatic heterocycles. The molecule has 4 rings (SSSR count). The summed E-state index contributed by atoms with van der Waals surface area (Å²) in [6.07, 6.45) is 3.00. The van der Waals surface area contributed by atoms with E-state index in [2.05, 4.69) is 20.6 Å². The van der Waals surface area contributed by atoms with E-state index in [1.807, 2.05) is 11.8 Å². The topological polar surface area (TPSA) is 126 Å². The van der Waals surface area contributed by atoms with Gasteiger partial charge in [-0.3, -0.25) is 23.7 Å². The van der Waals surface area contributed by atoms with E-state index in [4.69, 9.17) is 0 Å². The van der Waals surface area contributed by atoms with Crippen LogP contribution >= 0.6 is 11.3 Å². The molecule has 11 heteroatoms. The molecule has 0 aliphatic carbocycles. The Morgan fingerprint density at radius 1 is 1.26 bits per heavy atom. The molecule has 1 fully saturated rings. The molecule has 10 nitrogen and oxygen atoms in total. The number of carbonyl (C=O) groups is 3. The maximum absolute atomic E-state index is 13.0. The lowest BCUT2D eigenvalue weighted by Gasteiger charge is -2.31. The van der Waals surface area contributed by atoms with Gasteiger partial charge >= 0.3 is 0 Å². The Morgan fingerprint density at radius 2 is 2.09 bits per heavy atom. The van der Waals surface area contributed by atoms with Crippen molar-refractivity contribution in [2.45, 2.75) is 33.2 Å². The summed E-state index contributed by atoms with van der Waals surface area (Å²) in [4.78, 5) is 60.1. The second-order valence-corrected chi connectivity index (χ2v) is 9.17. The van der Waals surface area contributed by atoms with Gasteiger partial charge in [0, 0.05) is 30.9 Å². The predicted octanol–water partition coefficient (Wildman–Crippen LogP) is 2.05. The molecule has 3 aromatic rings. The quantitative estimate of drug-likeness (QED) is 0.494. The fourth-order valence-electron chi connectivity index (χ4n) is 3.94. The second kappa shape index (κ2) is 10.1. The molecular weight excluding hydrogens is 456 g/mol. The van der Waals surface area contributed by atoms with Crippen molar-refractivity contribution in [2.75, 3.05) is 29.9 Å². The molecule has 1 aliphatic heterocycles. The lowest BCUT2D eigenvalue weighted by Crippen LogP contribution is -2.43. The number of aromatic nitrogens is 3. The molecule has 0 radical (unpaired) electrons. The van der Waals surface area contributed by atoms with Crippen LogP contribution in [0, 0.1) is 5.92 Å². The molecule has 1 atom stereocenters. The minimum absolute atomic E-state index is 0.0358. The third-order valence-electron chi connectivity index (χ3n) is 5.65. The van der Waals surface area contributed by atoms with Crippen LogP contribution in [0.25, 0.3) is 10.3 Å². The van der Waals surface area contributed by atoms with Crippen molar-refractivity contribution in [3.05, 3.63) is 46.5 Å². The molecule has 1 aromatic carbocycles. The molecule has 178 valence electrons. The summed E-state index contributed by atoms with van der Waals surface area (Å²) >= 11 is 1.23. The van der Waals surface area contributed by atoms with E-state index in [1.54, 1.807) is 24.3 Å². The maximum Gasteiger partial charge on any atom is 0.273 e. The van der Waals surface area contributed by atoms with Gasteiger partial charge in [0.15, 0.2) is 16.6 Å². The SMILES string of the molecule is CCNC(=O)C1CCCN(c2nc3ncn(CC(=O)Nc4cccc(C(C)=O)c4)c(=O)c3s2)C1. The second-order valence-electron chi connectivity index (χ2n) is 8.19. The number of fused-ring (bicyclic) bond motifs is 1. The average molecular weight is 483 g/mol. The van der Waals surface area contributed by atoms with E-state index >= 15 is 0 Å². The first-order chi connectivity index (χ1) is 16.4. The summed E-state index contributed by atoms with van der Waals surface area (Å²) < 4.78 is 1.60. The zero-order chi connectivity index (χ0) is 24.2. The van der Waals surface area contributed by atoms with Gasteiger partial charge in [-0.15, -0.1) is 0 Å². The normalized spacial score (nSPS) is 15.8. The van der Waals surface area contributed by atoms with Gasteiger partial charge in [0.2, 0.25) is 11.8 Å². The zero-order valence-electron chi connectivity index (χ0n) is 19.0. The standard InChI is InChI=1S/C23H26N6O4S/c1-3-24-21(32)16-7-5-9-28(11-16)23-27-20-19(34-23)22(33)29(13-25-20)12-18(31)26-17-8-4-6-15(10-17)14(2)30/h4,6,8,10,13,16H,3,5,7,9,11-12H2,1-2H3,(H,24,32)(H,26,31). The number of nitrogens with one attached hydrogen (secondary N) is 2. The fraction of sp³-hybridized carbons (Fsp3) is 0.391. The van der Waals surface area contributed by atoms with E-state index in [9.17, 15) is 19.2 Å². The molecule has 3 heterocycles. The van der Waals surface area contributed by atoms with E-state index in [1.165, 1.54) is 29.2 Å². The molecule has 0 saturated carbocycles. The fourth-order valence-corrected chi connectivity index (χ4v) is 4.94. The van der Waals surface area contributed by atoms with Crippen LogP contribution in [0.2, 0.25) is 0 Å². The van der Waals surface area contributed by atoms with Crippen molar-refractivity contribution in [3.8, 4) is 0 Å². The number of thiazole rings is 1. The summed E-state index contributed by atoms with van der Waals surface area (Å²) in [7, 11) is 0. The number of carbonyl (C=O) groups excluding carboxylic acids is 3. The highest BCUT2D eigenvalue weighted by molar-refractivity contribution is 7.22. The summed E-state index contributed by atoms with van der Waals surface area (Å²) in [5.74, 6) is -0.590. The molecule has 2 amide bonds. The van der Waals surface area contributed by atoms with Crippen molar-refractivity contribution >= 4 is 50.1 Å². The average Bonchev–Trinajstić information content (AvgIpc) is 3.27. The minimum Gasteiger partial charge on any atom is -0.356 e. The van der Waals surface area contributed by atoms with Crippen LogP contribution in [0.3, 0.4) is 0 Å². The summed E-state index contributed by atoms with van der Waals surface area (Å²) in [5, 5.41) is 6.23. The zero-order valence-corrected chi connectivity index (χ0v) is 19.9. The number of nitrogens with zero attached hydrogens (tertiary/aromatic N) is 4. The van der Waals surface area contributed by atoms with Gasteiger partial charge in [-0.05, 0) is 38.8 Å². The lowest BCUT2D eigenvalue weighted by atomic mass is 9.97. The van der Waals surface area contributed by atoms with E-state index in [0.717, 1.165) is 19.4 Å². The largest absolute Gasteiger partial charge is 0.356 e. The van der Waals surface area contributed by atoms with E-state index in [-0.39, 0.29) is 29.7 Å². The molecule has 0 spiro atoms. The van der Waals surface area contributed by atoms with Crippen LogP contribution in [0.1, 0.15) is 37.0 Å². The maximum atomic E-state index is 13.0. The van der Waals surface area contributed by atoms with Crippen LogP contribution in [0.4, 0.5) is 10.8 Å². The monoisotopic (exact) mass is 482 g/mol. The van der Waals surface area contributed by atoms with Crippen molar-refractivity contribution in [1.29, 1.82) is 0 Å². The molecule has 1 unspecified atom stereocenters. The Bertz CT molecular complexity index is 1300. The number of benzene rings is 1.